The molecule has 0 bridgehead atoms. The minimum atomic E-state index is -3.58. The summed E-state index contributed by atoms with van der Waals surface area (Å²) in [5, 5.41) is 9.94. The highest BCUT2D eigenvalue weighted by Crippen LogP contribution is 2.13. The van der Waals surface area contributed by atoms with Crippen LogP contribution in [0.25, 0.3) is 0 Å². The summed E-state index contributed by atoms with van der Waals surface area (Å²) >= 11 is 0. The molecule has 9 heteroatoms. The van der Waals surface area contributed by atoms with E-state index in [-0.39, 0.29) is 5.75 Å². The fraction of sp³-hybridized carbons (Fsp3) is 0.385. The number of hydrogen-bond acceptors (Lipinski definition) is 5. The number of ether oxygens (including phenoxy) is 1. The third kappa shape index (κ3) is 5.32. The standard InChI is InChI=1S/C13H16FNO6S/c1-8(22(2,19)20)12(16)15-7-11(13(17)18)21-10-5-3-9(14)4-6-10/h3-6,8,11H,7H2,1-2H3,(H,15,16)(H,17,18). The molecule has 1 amide bonds. The van der Waals surface area contributed by atoms with Crippen LogP contribution in [0.3, 0.4) is 0 Å². The molecule has 2 unspecified atom stereocenters. The molecular weight excluding hydrogens is 317 g/mol. The molecule has 0 aromatic heterocycles. The van der Waals surface area contributed by atoms with Crippen molar-refractivity contribution in [3.8, 4) is 5.75 Å². The van der Waals surface area contributed by atoms with Gasteiger partial charge in [-0.3, -0.25) is 4.79 Å². The van der Waals surface area contributed by atoms with Crippen molar-refractivity contribution in [2.75, 3.05) is 12.8 Å². The highest BCUT2D eigenvalue weighted by molar-refractivity contribution is 7.92. The Morgan fingerprint density at radius 3 is 2.32 bits per heavy atom. The molecular formula is C13H16FNO6S. The Bertz CT molecular complexity index is 643. The number of rotatable bonds is 7. The Kier molecular flexibility index (Phi) is 5.86. The number of halogens is 1. The lowest BCUT2D eigenvalue weighted by Gasteiger charge is -2.17. The van der Waals surface area contributed by atoms with Gasteiger partial charge in [0.2, 0.25) is 12.0 Å². The van der Waals surface area contributed by atoms with Crippen LogP contribution in [0.2, 0.25) is 0 Å². The van der Waals surface area contributed by atoms with Gasteiger partial charge in [0.1, 0.15) is 16.8 Å². The molecule has 0 saturated carbocycles. The molecule has 2 atom stereocenters. The number of aliphatic carboxylic acids is 1. The first-order valence-electron chi connectivity index (χ1n) is 6.23. The zero-order chi connectivity index (χ0) is 16.9. The Hall–Kier alpha value is -2.16. The van der Waals surface area contributed by atoms with E-state index in [9.17, 15) is 22.4 Å². The van der Waals surface area contributed by atoms with Crippen LogP contribution in [0.5, 0.6) is 5.75 Å². The third-order valence-electron chi connectivity index (χ3n) is 2.84. The Labute approximate surface area is 127 Å². The van der Waals surface area contributed by atoms with Crippen LogP contribution in [-0.4, -0.2) is 49.6 Å². The van der Waals surface area contributed by atoms with Crippen LogP contribution in [-0.2, 0) is 19.4 Å². The molecule has 2 N–H and O–H groups in total. The molecule has 22 heavy (non-hydrogen) atoms. The zero-order valence-corrected chi connectivity index (χ0v) is 12.8. The van der Waals surface area contributed by atoms with Crippen molar-refractivity contribution < 1.29 is 32.2 Å². The molecule has 0 fully saturated rings. The normalized spacial score (nSPS) is 14.0. The first-order chi connectivity index (χ1) is 10.1. The predicted octanol–water partition coefficient (Wildman–Crippen LogP) is 0.207. The quantitative estimate of drug-likeness (QED) is 0.738. The van der Waals surface area contributed by atoms with Gasteiger partial charge in [0, 0.05) is 6.26 Å². The number of carboxylic acid groups (broad SMARTS) is 1. The number of sulfone groups is 1. The van der Waals surface area contributed by atoms with E-state index < -0.39 is 45.4 Å². The number of amides is 1. The average molecular weight is 333 g/mol. The molecule has 0 heterocycles. The second kappa shape index (κ2) is 7.21. The number of nitrogens with one attached hydrogen (secondary N) is 1. The van der Waals surface area contributed by atoms with Gasteiger partial charge in [0.15, 0.2) is 9.84 Å². The minimum Gasteiger partial charge on any atom is -0.478 e. The number of carbonyl (C=O) groups excluding carboxylic acids is 1. The third-order valence-corrected chi connectivity index (χ3v) is 4.34. The molecule has 0 aliphatic carbocycles. The fourth-order valence-electron chi connectivity index (χ4n) is 1.39. The minimum absolute atomic E-state index is 0.110. The summed E-state index contributed by atoms with van der Waals surface area (Å²) in [7, 11) is -3.58. The molecule has 0 spiro atoms. The van der Waals surface area contributed by atoms with Gasteiger partial charge in [-0.1, -0.05) is 0 Å². The van der Waals surface area contributed by atoms with Gasteiger partial charge >= 0.3 is 5.97 Å². The number of carbonyl (C=O) groups is 2. The fourth-order valence-corrected chi connectivity index (χ4v) is 1.86. The van der Waals surface area contributed by atoms with Gasteiger partial charge in [-0.25, -0.2) is 17.6 Å². The number of benzene rings is 1. The van der Waals surface area contributed by atoms with E-state index in [0.29, 0.717) is 0 Å². The topological polar surface area (TPSA) is 110 Å². The monoisotopic (exact) mass is 333 g/mol. The Morgan fingerprint density at radius 1 is 1.32 bits per heavy atom. The second-order valence-corrected chi connectivity index (χ2v) is 6.98. The van der Waals surface area contributed by atoms with Gasteiger partial charge in [-0.15, -0.1) is 0 Å². The van der Waals surface area contributed by atoms with Crippen LogP contribution >= 0.6 is 0 Å². The number of hydrogen-bond donors (Lipinski definition) is 2. The zero-order valence-electron chi connectivity index (χ0n) is 11.9. The summed E-state index contributed by atoms with van der Waals surface area (Å²) in [6.07, 6.45) is -0.526. The molecule has 1 aromatic rings. The van der Waals surface area contributed by atoms with Crippen LogP contribution in [0.15, 0.2) is 24.3 Å². The summed E-state index contributed by atoms with van der Waals surface area (Å²) < 4.78 is 40.3. The maximum atomic E-state index is 12.8. The molecule has 0 aliphatic rings. The summed E-state index contributed by atoms with van der Waals surface area (Å²) in [6, 6.07) is 4.68. The molecule has 122 valence electrons. The lowest BCUT2D eigenvalue weighted by molar-refractivity contribution is -0.145. The molecule has 1 rings (SSSR count). The molecule has 0 aliphatic heterocycles. The van der Waals surface area contributed by atoms with Crippen molar-refractivity contribution in [2.45, 2.75) is 18.3 Å². The van der Waals surface area contributed by atoms with Crippen LogP contribution in [0.1, 0.15) is 6.92 Å². The van der Waals surface area contributed by atoms with Gasteiger partial charge in [-0.05, 0) is 31.2 Å². The largest absolute Gasteiger partial charge is 0.478 e. The van der Waals surface area contributed by atoms with Crippen molar-refractivity contribution in [1.82, 2.24) is 5.32 Å². The predicted molar refractivity (Wildman–Crippen MR) is 75.8 cm³/mol. The maximum absolute atomic E-state index is 12.8. The van der Waals surface area contributed by atoms with Crippen molar-refractivity contribution in [2.24, 2.45) is 0 Å². The summed E-state index contributed by atoms with van der Waals surface area (Å²) in [5.41, 5.74) is 0. The van der Waals surface area contributed by atoms with Gasteiger partial charge < -0.3 is 15.2 Å². The van der Waals surface area contributed by atoms with Crippen molar-refractivity contribution in [3.05, 3.63) is 30.1 Å². The molecule has 1 aromatic carbocycles. The van der Waals surface area contributed by atoms with E-state index in [1.807, 2.05) is 0 Å². The van der Waals surface area contributed by atoms with Gasteiger partial charge in [-0.2, -0.15) is 0 Å². The van der Waals surface area contributed by atoms with E-state index in [4.69, 9.17) is 9.84 Å². The van der Waals surface area contributed by atoms with Crippen LogP contribution < -0.4 is 10.1 Å². The molecule has 0 radical (unpaired) electrons. The SMILES string of the molecule is CC(C(=O)NCC(Oc1ccc(F)cc1)C(=O)O)S(C)(=O)=O. The van der Waals surface area contributed by atoms with Crippen molar-refractivity contribution in [3.63, 3.8) is 0 Å². The number of carboxylic acids is 1. The van der Waals surface area contributed by atoms with E-state index in [1.165, 1.54) is 19.1 Å². The summed E-state index contributed by atoms with van der Waals surface area (Å²) in [6.45, 7) is 0.771. The molecule has 0 saturated heterocycles. The van der Waals surface area contributed by atoms with Gasteiger partial charge in [0.25, 0.3) is 0 Å². The smallest absolute Gasteiger partial charge is 0.346 e. The van der Waals surface area contributed by atoms with E-state index >= 15 is 0 Å². The summed E-state index contributed by atoms with van der Waals surface area (Å²) in [4.78, 5) is 22.7. The Morgan fingerprint density at radius 2 is 1.86 bits per heavy atom. The van der Waals surface area contributed by atoms with Crippen LogP contribution in [0.4, 0.5) is 4.39 Å². The van der Waals surface area contributed by atoms with Crippen molar-refractivity contribution in [1.29, 1.82) is 0 Å². The Balaban J connectivity index is 2.67. The van der Waals surface area contributed by atoms with E-state index in [1.54, 1.807) is 0 Å². The highest BCUT2D eigenvalue weighted by Gasteiger charge is 2.26. The first-order valence-corrected chi connectivity index (χ1v) is 8.18. The lowest BCUT2D eigenvalue weighted by atomic mass is 10.3. The highest BCUT2D eigenvalue weighted by atomic mass is 32.2. The maximum Gasteiger partial charge on any atom is 0.346 e. The van der Waals surface area contributed by atoms with Crippen LogP contribution in [0, 0.1) is 5.82 Å². The van der Waals surface area contributed by atoms with E-state index in [0.717, 1.165) is 18.4 Å². The first kappa shape index (κ1) is 17.9. The van der Waals surface area contributed by atoms with Crippen molar-refractivity contribution >= 4 is 21.7 Å². The van der Waals surface area contributed by atoms with E-state index in [2.05, 4.69) is 5.32 Å². The summed E-state index contributed by atoms with van der Waals surface area (Å²) in [5.74, 6) is -2.57. The lowest BCUT2D eigenvalue weighted by Crippen LogP contribution is -2.45. The molecule has 7 nitrogen and oxygen atoms in total. The second-order valence-electron chi connectivity index (χ2n) is 4.62. The van der Waals surface area contributed by atoms with Gasteiger partial charge in [0.05, 0.1) is 6.54 Å². The average Bonchev–Trinajstić information content (AvgIpc) is 2.42.